The van der Waals surface area contributed by atoms with Crippen LogP contribution in [-0.4, -0.2) is 24.0 Å². The van der Waals surface area contributed by atoms with E-state index in [0.29, 0.717) is 5.56 Å². The molecule has 4 heteroatoms. The summed E-state index contributed by atoms with van der Waals surface area (Å²) in [6, 6.07) is 5.49. The van der Waals surface area contributed by atoms with E-state index in [-0.39, 0.29) is 11.2 Å². The van der Waals surface area contributed by atoms with Gasteiger partial charge >= 0.3 is 0 Å². The van der Waals surface area contributed by atoms with Crippen molar-refractivity contribution in [3.8, 4) is 0 Å². The largest absolute Gasteiger partial charge is 0.310 e. The maximum absolute atomic E-state index is 12.1. The summed E-state index contributed by atoms with van der Waals surface area (Å²) in [5.41, 5.74) is 1.60. The van der Waals surface area contributed by atoms with Crippen molar-refractivity contribution in [1.82, 2.24) is 0 Å². The Hall–Kier alpha value is -1.29. The highest BCUT2D eigenvalue weighted by atomic mass is 32.2. The Morgan fingerprint density at radius 1 is 1.47 bits per heavy atom. The molecule has 0 N–H and O–H groups in total. The van der Waals surface area contributed by atoms with Gasteiger partial charge in [-0.1, -0.05) is 6.92 Å². The molecule has 0 aromatic heterocycles. The van der Waals surface area contributed by atoms with E-state index in [1.165, 1.54) is 11.8 Å². The number of fused-ring (bicyclic) bond motifs is 1. The van der Waals surface area contributed by atoms with Gasteiger partial charge in [0.15, 0.2) is 0 Å². The van der Waals surface area contributed by atoms with Crippen LogP contribution in [0, 0.1) is 0 Å². The Bertz CT molecular complexity index is 459. The molecule has 2 rings (SSSR count). The normalized spacial score (nSPS) is 19.1. The molecule has 0 fully saturated rings. The molecule has 0 spiro atoms. The summed E-state index contributed by atoms with van der Waals surface area (Å²) in [5, 5.41) is -0.0732. The minimum Gasteiger partial charge on any atom is -0.310 e. The molecule has 1 unspecified atom stereocenters. The summed E-state index contributed by atoms with van der Waals surface area (Å²) in [5.74, 6) is 0.156. The first-order valence-electron chi connectivity index (χ1n) is 5.74. The van der Waals surface area contributed by atoms with Gasteiger partial charge in [0.05, 0.1) is 10.9 Å². The van der Waals surface area contributed by atoms with E-state index in [0.717, 1.165) is 29.8 Å². The molecule has 1 atom stereocenters. The smallest absolute Gasteiger partial charge is 0.240 e. The Morgan fingerprint density at radius 3 is 2.88 bits per heavy atom. The molecule has 0 radical (unpaired) electrons. The molecule has 1 aliphatic heterocycles. The zero-order valence-electron chi connectivity index (χ0n) is 9.97. The summed E-state index contributed by atoms with van der Waals surface area (Å²) in [7, 11) is 0. The number of nitrogens with zero attached hydrogens (tertiary/aromatic N) is 1. The fourth-order valence-corrected chi connectivity index (χ4v) is 3.07. The molecule has 90 valence electrons. The number of anilines is 1. The van der Waals surface area contributed by atoms with Crippen molar-refractivity contribution >= 4 is 29.6 Å². The zero-order chi connectivity index (χ0) is 12.4. The van der Waals surface area contributed by atoms with Crippen LogP contribution in [0.2, 0.25) is 0 Å². The lowest BCUT2D eigenvalue weighted by atomic mass is 10.2. The molecule has 1 amide bonds. The molecule has 1 aliphatic rings. The van der Waals surface area contributed by atoms with Crippen LogP contribution in [0.15, 0.2) is 23.1 Å². The highest BCUT2D eigenvalue weighted by molar-refractivity contribution is 8.01. The standard InChI is InChI=1S/C13H15NO2S/c1-3-6-14-11-5-4-10(8-15)7-12(11)17-9(2)13(14)16/h4-5,7-9H,3,6H2,1-2H3. The van der Waals surface area contributed by atoms with Gasteiger partial charge in [-0.05, 0) is 31.5 Å². The van der Waals surface area contributed by atoms with Gasteiger partial charge in [-0.3, -0.25) is 9.59 Å². The van der Waals surface area contributed by atoms with E-state index in [2.05, 4.69) is 6.92 Å². The van der Waals surface area contributed by atoms with Gasteiger partial charge < -0.3 is 4.90 Å². The van der Waals surface area contributed by atoms with Gasteiger partial charge in [0.2, 0.25) is 5.91 Å². The second-order valence-electron chi connectivity index (χ2n) is 4.09. The molecule has 3 nitrogen and oxygen atoms in total. The lowest BCUT2D eigenvalue weighted by molar-refractivity contribution is -0.118. The Balaban J connectivity index is 2.44. The minimum absolute atomic E-state index is 0.0732. The molecule has 0 aliphatic carbocycles. The van der Waals surface area contributed by atoms with Gasteiger partial charge in [0.25, 0.3) is 0 Å². The summed E-state index contributed by atoms with van der Waals surface area (Å²) >= 11 is 1.53. The summed E-state index contributed by atoms with van der Waals surface area (Å²) in [4.78, 5) is 25.7. The minimum atomic E-state index is -0.0732. The van der Waals surface area contributed by atoms with Crippen molar-refractivity contribution in [2.75, 3.05) is 11.4 Å². The summed E-state index contributed by atoms with van der Waals surface area (Å²) in [6.07, 6.45) is 1.77. The van der Waals surface area contributed by atoms with E-state index in [1.54, 1.807) is 6.07 Å². The maximum Gasteiger partial charge on any atom is 0.240 e. The first-order chi connectivity index (χ1) is 8.17. The molecule has 17 heavy (non-hydrogen) atoms. The van der Waals surface area contributed by atoms with Crippen molar-refractivity contribution in [1.29, 1.82) is 0 Å². The van der Waals surface area contributed by atoms with Crippen molar-refractivity contribution in [3.63, 3.8) is 0 Å². The maximum atomic E-state index is 12.1. The van der Waals surface area contributed by atoms with E-state index >= 15 is 0 Å². The number of aldehydes is 1. The first-order valence-corrected chi connectivity index (χ1v) is 6.62. The van der Waals surface area contributed by atoms with Crippen LogP contribution < -0.4 is 4.90 Å². The number of benzene rings is 1. The van der Waals surface area contributed by atoms with Crippen molar-refractivity contribution in [3.05, 3.63) is 23.8 Å². The molecule has 0 bridgehead atoms. The van der Waals surface area contributed by atoms with Crippen LogP contribution in [-0.2, 0) is 4.79 Å². The van der Waals surface area contributed by atoms with E-state index in [4.69, 9.17) is 0 Å². The number of hydrogen-bond acceptors (Lipinski definition) is 3. The number of amides is 1. The van der Waals surface area contributed by atoms with Gasteiger partial charge in [-0.15, -0.1) is 11.8 Å². The van der Waals surface area contributed by atoms with Crippen LogP contribution >= 0.6 is 11.8 Å². The number of hydrogen-bond donors (Lipinski definition) is 0. The van der Waals surface area contributed by atoms with Crippen LogP contribution in [0.1, 0.15) is 30.6 Å². The predicted octanol–water partition coefficient (Wildman–Crippen LogP) is 2.74. The molecule has 1 aromatic carbocycles. The van der Waals surface area contributed by atoms with Crippen LogP contribution in [0.25, 0.3) is 0 Å². The highest BCUT2D eigenvalue weighted by Crippen LogP contribution is 2.39. The molecular weight excluding hydrogens is 234 g/mol. The highest BCUT2D eigenvalue weighted by Gasteiger charge is 2.29. The van der Waals surface area contributed by atoms with Crippen molar-refractivity contribution < 1.29 is 9.59 Å². The molecule has 0 saturated heterocycles. The van der Waals surface area contributed by atoms with Gasteiger partial charge in [-0.25, -0.2) is 0 Å². The van der Waals surface area contributed by atoms with E-state index in [1.807, 2.05) is 24.0 Å². The van der Waals surface area contributed by atoms with E-state index < -0.39 is 0 Å². The van der Waals surface area contributed by atoms with Crippen molar-refractivity contribution in [2.24, 2.45) is 0 Å². The monoisotopic (exact) mass is 249 g/mol. The van der Waals surface area contributed by atoms with Gasteiger partial charge in [0, 0.05) is 17.0 Å². The molecule has 0 saturated carbocycles. The average Bonchev–Trinajstić information content (AvgIpc) is 2.34. The third-order valence-electron chi connectivity index (χ3n) is 2.78. The number of rotatable bonds is 3. The van der Waals surface area contributed by atoms with Crippen LogP contribution in [0.5, 0.6) is 0 Å². The van der Waals surface area contributed by atoms with Crippen LogP contribution in [0.4, 0.5) is 5.69 Å². The summed E-state index contributed by atoms with van der Waals surface area (Å²) in [6.45, 7) is 4.70. The number of carbonyl (C=O) groups is 2. The average molecular weight is 249 g/mol. The Labute approximate surface area is 105 Å². The lowest BCUT2D eigenvalue weighted by Gasteiger charge is -2.32. The van der Waals surface area contributed by atoms with Gasteiger partial charge in [-0.2, -0.15) is 0 Å². The quantitative estimate of drug-likeness (QED) is 0.773. The molecular formula is C13H15NO2S. The third kappa shape index (κ3) is 2.22. The Morgan fingerprint density at radius 2 is 2.24 bits per heavy atom. The fourth-order valence-electron chi connectivity index (χ4n) is 1.95. The topological polar surface area (TPSA) is 37.4 Å². The van der Waals surface area contributed by atoms with E-state index in [9.17, 15) is 9.59 Å². The fraction of sp³-hybridized carbons (Fsp3) is 0.385. The predicted molar refractivity (Wildman–Crippen MR) is 69.8 cm³/mol. The second kappa shape index (κ2) is 4.92. The zero-order valence-corrected chi connectivity index (χ0v) is 10.8. The molecule has 1 aromatic rings. The lowest BCUT2D eigenvalue weighted by Crippen LogP contribution is -2.40. The third-order valence-corrected chi connectivity index (χ3v) is 3.91. The molecule has 1 heterocycles. The second-order valence-corrected chi connectivity index (χ2v) is 5.48. The first kappa shape index (κ1) is 12.2. The summed E-state index contributed by atoms with van der Waals surface area (Å²) < 4.78 is 0. The van der Waals surface area contributed by atoms with Gasteiger partial charge in [0.1, 0.15) is 6.29 Å². The van der Waals surface area contributed by atoms with Crippen LogP contribution in [0.3, 0.4) is 0 Å². The SMILES string of the molecule is CCCN1C(=O)C(C)Sc2cc(C=O)ccc21. The Kier molecular flexibility index (Phi) is 3.52. The number of carbonyl (C=O) groups excluding carboxylic acids is 2. The number of thioether (sulfide) groups is 1. The van der Waals surface area contributed by atoms with Crippen molar-refractivity contribution in [2.45, 2.75) is 30.4 Å².